The Labute approximate surface area is 111 Å². The van der Waals surface area contributed by atoms with Crippen molar-refractivity contribution in [1.29, 1.82) is 0 Å². The maximum absolute atomic E-state index is 13.0. The van der Waals surface area contributed by atoms with E-state index in [1.54, 1.807) is 37.3 Å². The van der Waals surface area contributed by atoms with E-state index in [0.717, 1.165) is 11.1 Å². The number of aryl methyl sites for hydroxylation is 1. The van der Waals surface area contributed by atoms with Crippen LogP contribution in [0.25, 0.3) is 0 Å². The van der Waals surface area contributed by atoms with Gasteiger partial charge in [0, 0.05) is 5.46 Å². The van der Waals surface area contributed by atoms with Gasteiger partial charge in [-0.15, -0.1) is 0 Å². The molecule has 2 rings (SSSR count). The molecule has 0 aromatic heterocycles. The highest BCUT2D eigenvalue weighted by Crippen LogP contribution is 2.14. The number of hydrogen-bond donors (Lipinski definition) is 2. The smallest absolute Gasteiger partial charge is 0.489 e. The summed E-state index contributed by atoms with van der Waals surface area (Å²) in [6, 6.07) is 11.2. The van der Waals surface area contributed by atoms with Gasteiger partial charge >= 0.3 is 7.12 Å². The summed E-state index contributed by atoms with van der Waals surface area (Å²) in [6.07, 6.45) is 0. The Balaban J connectivity index is 2.14. The van der Waals surface area contributed by atoms with E-state index < -0.39 is 7.12 Å². The average molecular weight is 260 g/mol. The third-order valence-corrected chi connectivity index (χ3v) is 2.88. The predicted octanol–water partition coefficient (Wildman–Crippen LogP) is 1.39. The predicted molar refractivity (Wildman–Crippen MR) is 71.7 cm³/mol. The van der Waals surface area contributed by atoms with Crippen LogP contribution in [0.3, 0.4) is 0 Å². The van der Waals surface area contributed by atoms with Gasteiger partial charge in [0.1, 0.15) is 18.2 Å². The topological polar surface area (TPSA) is 49.7 Å². The first-order valence-corrected chi connectivity index (χ1v) is 5.91. The molecule has 2 aromatic rings. The van der Waals surface area contributed by atoms with Crippen molar-refractivity contribution in [2.24, 2.45) is 0 Å². The Hall–Kier alpha value is -1.85. The molecule has 0 amide bonds. The molecule has 19 heavy (non-hydrogen) atoms. The van der Waals surface area contributed by atoms with Crippen LogP contribution in [0.5, 0.6) is 5.75 Å². The molecule has 98 valence electrons. The van der Waals surface area contributed by atoms with Crippen LogP contribution in [0.4, 0.5) is 4.39 Å². The zero-order valence-electron chi connectivity index (χ0n) is 10.5. The molecule has 0 radical (unpaired) electrons. The summed E-state index contributed by atoms with van der Waals surface area (Å²) >= 11 is 0. The fourth-order valence-corrected chi connectivity index (χ4v) is 1.80. The fraction of sp³-hybridized carbons (Fsp3) is 0.143. The van der Waals surface area contributed by atoms with Crippen LogP contribution in [0.2, 0.25) is 0 Å². The quantitative estimate of drug-likeness (QED) is 0.817. The molecule has 5 heteroatoms. The molecular weight excluding hydrogens is 246 g/mol. The summed E-state index contributed by atoms with van der Waals surface area (Å²) in [5.74, 6) is 0.119. The Morgan fingerprint density at radius 1 is 1.16 bits per heavy atom. The molecule has 0 fully saturated rings. The lowest BCUT2D eigenvalue weighted by Gasteiger charge is -2.12. The number of hydrogen-bond acceptors (Lipinski definition) is 3. The van der Waals surface area contributed by atoms with Crippen molar-refractivity contribution in [2.45, 2.75) is 13.5 Å². The Kier molecular flexibility index (Phi) is 4.19. The van der Waals surface area contributed by atoms with Crippen LogP contribution in [0.15, 0.2) is 42.5 Å². The van der Waals surface area contributed by atoms with Gasteiger partial charge in [-0.1, -0.05) is 24.3 Å². The summed E-state index contributed by atoms with van der Waals surface area (Å²) in [4.78, 5) is 0. The minimum absolute atomic E-state index is 0.246. The van der Waals surface area contributed by atoms with Crippen molar-refractivity contribution in [3.05, 3.63) is 59.4 Å². The first-order chi connectivity index (χ1) is 9.08. The van der Waals surface area contributed by atoms with E-state index in [1.807, 2.05) is 0 Å². The molecule has 0 unspecified atom stereocenters. The third kappa shape index (κ3) is 3.33. The number of benzene rings is 2. The van der Waals surface area contributed by atoms with Gasteiger partial charge in [0.2, 0.25) is 0 Å². The van der Waals surface area contributed by atoms with Gasteiger partial charge in [0.05, 0.1) is 0 Å². The normalized spacial score (nSPS) is 10.3. The SMILES string of the molecule is Cc1cc(F)ccc1COc1ccccc1B(O)O. The summed E-state index contributed by atoms with van der Waals surface area (Å²) < 4.78 is 18.5. The molecule has 0 spiro atoms. The highest BCUT2D eigenvalue weighted by atomic mass is 19.1. The maximum atomic E-state index is 13.0. The van der Waals surface area contributed by atoms with Crippen LogP contribution in [0.1, 0.15) is 11.1 Å². The summed E-state index contributed by atoms with van der Waals surface area (Å²) in [6.45, 7) is 2.05. The van der Waals surface area contributed by atoms with E-state index in [4.69, 9.17) is 4.74 Å². The molecule has 2 N–H and O–H groups in total. The molecule has 0 aliphatic carbocycles. The van der Waals surface area contributed by atoms with E-state index >= 15 is 0 Å². The first-order valence-electron chi connectivity index (χ1n) is 5.91. The minimum atomic E-state index is -1.58. The molecule has 0 saturated carbocycles. The molecule has 0 aliphatic heterocycles. The van der Waals surface area contributed by atoms with Gasteiger partial charge in [-0.2, -0.15) is 0 Å². The maximum Gasteiger partial charge on any atom is 0.492 e. The van der Waals surface area contributed by atoms with Crippen LogP contribution < -0.4 is 10.2 Å². The average Bonchev–Trinajstić information content (AvgIpc) is 2.38. The first kappa shape index (κ1) is 13.6. The molecule has 0 atom stereocenters. The van der Waals surface area contributed by atoms with E-state index in [-0.39, 0.29) is 12.4 Å². The van der Waals surface area contributed by atoms with Gasteiger partial charge in [0.15, 0.2) is 0 Å². The van der Waals surface area contributed by atoms with Gasteiger partial charge in [0.25, 0.3) is 0 Å². The molecule has 0 heterocycles. The highest BCUT2D eigenvalue weighted by molar-refractivity contribution is 6.59. The Morgan fingerprint density at radius 3 is 2.58 bits per heavy atom. The molecule has 0 saturated heterocycles. The van der Waals surface area contributed by atoms with E-state index in [0.29, 0.717) is 11.2 Å². The van der Waals surface area contributed by atoms with E-state index in [1.165, 1.54) is 12.1 Å². The van der Waals surface area contributed by atoms with Gasteiger partial charge < -0.3 is 14.8 Å². The van der Waals surface area contributed by atoms with Crippen molar-refractivity contribution in [3.8, 4) is 5.75 Å². The van der Waals surface area contributed by atoms with Crippen molar-refractivity contribution < 1.29 is 19.2 Å². The van der Waals surface area contributed by atoms with E-state index in [9.17, 15) is 14.4 Å². The van der Waals surface area contributed by atoms with Crippen molar-refractivity contribution in [1.82, 2.24) is 0 Å². The number of para-hydroxylation sites is 1. The van der Waals surface area contributed by atoms with Crippen molar-refractivity contribution in [3.63, 3.8) is 0 Å². The third-order valence-electron chi connectivity index (χ3n) is 2.88. The highest BCUT2D eigenvalue weighted by Gasteiger charge is 2.16. The lowest BCUT2D eigenvalue weighted by atomic mass is 9.79. The monoisotopic (exact) mass is 260 g/mol. The lowest BCUT2D eigenvalue weighted by molar-refractivity contribution is 0.305. The minimum Gasteiger partial charge on any atom is -0.489 e. The second kappa shape index (κ2) is 5.86. The summed E-state index contributed by atoms with van der Waals surface area (Å²) in [5.41, 5.74) is 1.95. The van der Waals surface area contributed by atoms with Crippen LogP contribution in [-0.2, 0) is 6.61 Å². The second-order valence-corrected chi connectivity index (χ2v) is 4.27. The molecule has 3 nitrogen and oxygen atoms in total. The number of halogens is 1. The van der Waals surface area contributed by atoms with Crippen molar-refractivity contribution >= 4 is 12.6 Å². The van der Waals surface area contributed by atoms with Crippen LogP contribution in [0, 0.1) is 12.7 Å². The van der Waals surface area contributed by atoms with E-state index in [2.05, 4.69) is 0 Å². The summed E-state index contributed by atoms with van der Waals surface area (Å²) in [7, 11) is -1.58. The molecule has 2 aromatic carbocycles. The van der Waals surface area contributed by atoms with Gasteiger partial charge in [-0.25, -0.2) is 4.39 Å². The Morgan fingerprint density at radius 2 is 1.89 bits per heavy atom. The molecular formula is C14H14BFO3. The number of ether oxygens (including phenoxy) is 1. The fourth-order valence-electron chi connectivity index (χ4n) is 1.80. The van der Waals surface area contributed by atoms with Crippen LogP contribution in [-0.4, -0.2) is 17.2 Å². The van der Waals surface area contributed by atoms with Crippen molar-refractivity contribution in [2.75, 3.05) is 0 Å². The van der Waals surface area contributed by atoms with Crippen LogP contribution >= 0.6 is 0 Å². The Bertz CT molecular complexity index is 572. The molecule has 0 aliphatic rings. The lowest BCUT2D eigenvalue weighted by Crippen LogP contribution is -2.31. The van der Waals surface area contributed by atoms with Gasteiger partial charge in [-0.3, -0.25) is 0 Å². The summed E-state index contributed by atoms with van der Waals surface area (Å²) in [5, 5.41) is 18.4. The largest absolute Gasteiger partial charge is 0.492 e. The zero-order chi connectivity index (χ0) is 13.8. The van der Waals surface area contributed by atoms with Gasteiger partial charge in [-0.05, 0) is 36.2 Å². The molecule has 0 bridgehead atoms. The number of rotatable bonds is 4. The zero-order valence-corrected chi connectivity index (χ0v) is 10.5. The standard InChI is InChI=1S/C14H14BFO3/c1-10-8-12(16)7-6-11(10)9-19-14-5-3-2-4-13(14)15(17)18/h2-8,17-18H,9H2,1H3. The second-order valence-electron chi connectivity index (χ2n) is 4.27.